The molecule has 0 atom stereocenters. The molecule has 1 aromatic heterocycles. The van der Waals surface area contributed by atoms with E-state index in [4.69, 9.17) is 4.74 Å². The Morgan fingerprint density at radius 3 is 2.65 bits per heavy atom. The summed E-state index contributed by atoms with van der Waals surface area (Å²) < 4.78 is 6.54. The zero-order chi connectivity index (χ0) is 22.0. The molecule has 9 nitrogen and oxygen atoms in total. The largest absolute Gasteiger partial charge is 0.453 e. The van der Waals surface area contributed by atoms with Crippen LogP contribution in [0.1, 0.15) is 27.3 Å². The second kappa shape index (κ2) is 8.31. The molecule has 0 fully saturated rings. The van der Waals surface area contributed by atoms with Gasteiger partial charge in [-0.25, -0.2) is 4.79 Å². The third kappa shape index (κ3) is 4.11. The lowest BCUT2D eigenvalue weighted by atomic mass is 10.1. The van der Waals surface area contributed by atoms with E-state index in [1.54, 1.807) is 43.1 Å². The first kappa shape index (κ1) is 20.1. The number of hydrogen-bond acceptors (Lipinski definition) is 7. The van der Waals surface area contributed by atoms with Crippen LogP contribution in [-0.4, -0.2) is 51.5 Å². The number of esters is 1. The predicted molar refractivity (Wildman–Crippen MR) is 112 cm³/mol. The molecule has 0 aliphatic carbocycles. The van der Waals surface area contributed by atoms with Gasteiger partial charge in [0.25, 0.3) is 0 Å². The van der Waals surface area contributed by atoms with Crippen molar-refractivity contribution in [1.82, 2.24) is 20.2 Å². The minimum Gasteiger partial charge on any atom is -0.453 e. The Bertz CT molecular complexity index is 1200. The number of Topliss-reactive ketones (excluding diaryl/α,β-unsaturated/α-hetero) is 1. The third-order valence-electron chi connectivity index (χ3n) is 4.98. The van der Waals surface area contributed by atoms with Crippen molar-refractivity contribution in [3.8, 4) is 0 Å². The summed E-state index contributed by atoms with van der Waals surface area (Å²) in [6.45, 7) is 1.20. The molecular formula is C22H19N5O4. The van der Waals surface area contributed by atoms with Crippen LogP contribution in [0.4, 0.5) is 5.69 Å². The van der Waals surface area contributed by atoms with Crippen LogP contribution in [0.25, 0.3) is 11.8 Å². The van der Waals surface area contributed by atoms with Crippen LogP contribution in [-0.2, 0) is 20.7 Å². The van der Waals surface area contributed by atoms with Gasteiger partial charge in [-0.05, 0) is 52.8 Å². The van der Waals surface area contributed by atoms with Crippen molar-refractivity contribution in [3.63, 3.8) is 0 Å². The fourth-order valence-corrected chi connectivity index (χ4v) is 3.30. The number of carbonyl (C=O) groups excluding carboxylic acids is 3. The van der Waals surface area contributed by atoms with E-state index >= 15 is 0 Å². The highest BCUT2D eigenvalue weighted by Crippen LogP contribution is 2.28. The minimum absolute atomic E-state index is 0.0291. The highest BCUT2D eigenvalue weighted by molar-refractivity contribution is 6.16. The lowest BCUT2D eigenvalue weighted by molar-refractivity contribution is -0.136. The number of rotatable bonds is 6. The molecule has 1 aliphatic heterocycles. The number of benzene rings is 2. The zero-order valence-corrected chi connectivity index (χ0v) is 17.0. The number of fused-ring (bicyclic) bond motifs is 1. The molecule has 0 radical (unpaired) electrons. The summed E-state index contributed by atoms with van der Waals surface area (Å²) in [5.74, 6) is -0.731. The fourth-order valence-electron chi connectivity index (χ4n) is 3.30. The molecule has 1 amide bonds. The second-order valence-corrected chi connectivity index (χ2v) is 7.05. The molecule has 0 spiro atoms. The molecule has 0 N–H and O–H groups in total. The van der Waals surface area contributed by atoms with Gasteiger partial charge in [-0.15, -0.1) is 5.10 Å². The van der Waals surface area contributed by atoms with Gasteiger partial charge in [0.05, 0.1) is 6.42 Å². The number of aromatic nitrogens is 4. The number of likely N-dealkylation sites (N-methyl/N-ethyl adjacent to an activating group) is 1. The average Bonchev–Trinajstić information content (AvgIpc) is 3.32. The van der Waals surface area contributed by atoms with Crippen LogP contribution >= 0.6 is 0 Å². The first-order valence-corrected chi connectivity index (χ1v) is 9.56. The minimum atomic E-state index is -0.733. The highest BCUT2D eigenvalue weighted by atomic mass is 16.5. The zero-order valence-electron chi connectivity index (χ0n) is 17.0. The average molecular weight is 417 g/mol. The summed E-state index contributed by atoms with van der Waals surface area (Å²) in [5.41, 5.74) is 2.77. The van der Waals surface area contributed by atoms with Crippen molar-refractivity contribution in [2.24, 2.45) is 0 Å². The number of tetrazole rings is 1. The number of amides is 1. The summed E-state index contributed by atoms with van der Waals surface area (Å²) in [6.07, 6.45) is 1.84. The van der Waals surface area contributed by atoms with Crippen molar-refractivity contribution in [1.29, 1.82) is 0 Å². The number of hydrogen-bond donors (Lipinski definition) is 0. The molecule has 1 aliphatic rings. The first-order chi connectivity index (χ1) is 14.9. The number of ketones is 1. The van der Waals surface area contributed by atoms with Gasteiger partial charge in [-0.3, -0.25) is 9.59 Å². The first-order valence-electron chi connectivity index (χ1n) is 9.56. The van der Waals surface area contributed by atoms with E-state index in [0.29, 0.717) is 11.4 Å². The van der Waals surface area contributed by atoms with Crippen molar-refractivity contribution in [2.75, 3.05) is 18.6 Å². The number of carbonyl (C=O) groups is 3. The predicted octanol–water partition coefficient (Wildman–Crippen LogP) is 1.92. The summed E-state index contributed by atoms with van der Waals surface area (Å²) in [4.78, 5) is 38.8. The number of nitrogens with zero attached hydrogens (tertiary/aromatic N) is 5. The van der Waals surface area contributed by atoms with Gasteiger partial charge in [0.2, 0.25) is 5.91 Å². The highest BCUT2D eigenvalue weighted by Gasteiger charge is 2.25. The Hall–Kier alpha value is -4.14. The van der Waals surface area contributed by atoms with Gasteiger partial charge in [-0.1, -0.05) is 30.3 Å². The van der Waals surface area contributed by atoms with Crippen LogP contribution in [0, 0.1) is 6.92 Å². The Morgan fingerprint density at radius 1 is 1.16 bits per heavy atom. The number of ether oxygens (including phenoxy) is 1. The van der Waals surface area contributed by atoms with E-state index in [-0.39, 0.29) is 23.8 Å². The third-order valence-corrected chi connectivity index (χ3v) is 4.98. The quantitative estimate of drug-likeness (QED) is 0.343. The summed E-state index contributed by atoms with van der Waals surface area (Å²) in [6, 6.07) is 14.2. The maximum atomic E-state index is 12.8. The SMILES string of the molecule is Cc1nnnn1/C(=C\c1ccccc1)C(=O)OCC(=O)c1ccc2c(c1)CC(=O)N2C. The molecule has 0 saturated heterocycles. The van der Waals surface area contributed by atoms with Crippen molar-refractivity contribution < 1.29 is 19.1 Å². The van der Waals surface area contributed by atoms with E-state index < -0.39 is 12.6 Å². The molecule has 2 heterocycles. The fraction of sp³-hybridized carbons (Fsp3) is 0.182. The van der Waals surface area contributed by atoms with Crippen LogP contribution in [0.5, 0.6) is 0 Å². The van der Waals surface area contributed by atoms with E-state index in [2.05, 4.69) is 15.5 Å². The summed E-state index contributed by atoms with van der Waals surface area (Å²) in [7, 11) is 1.69. The molecule has 156 valence electrons. The van der Waals surface area contributed by atoms with E-state index in [1.165, 1.54) is 4.68 Å². The van der Waals surface area contributed by atoms with E-state index in [1.807, 2.05) is 30.3 Å². The van der Waals surface area contributed by atoms with Crippen LogP contribution in [0.3, 0.4) is 0 Å². The van der Waals surface area contributed by atoms with Crippen molar-refractivity contribution >= 4 is 35.1 Å². The van der Waals surface area contributed by atoms with Gasteiger partial charge in [-0.2, -0.15) is 4.68 Å². The molecule has 0 saturated carbocycles. The normalized spacial score (nSPS) is 13.3. The summed E-state index contributed by atoms with van der Waals surface area (Å²) in [5, 5.41) is 11.2. The summed E-state index contributed by atoms with van der Waals surface area (Å²) >= 11 is 0. The monoisotopic (exact) mass is 417 g/mol. The molecule has 2 aromatic carbocycles. The second-order valence-electron chi connectivity index (χ2n) is 7.05. The van der Waals surface area contributed by atoms with Gasteiger partial charge in [0.15, 0.2) is 23.9 Å². The topological polar surface area (TPSA) is 107 Å². The molecule has 0 bridgehead atoms. The molecule has 9 heteroatoms. The Balaban J connectivity index is 1.52. The van der Waals surface area contributed by atoms with Crippen LogP contribution < -0.4 is 4.90 Å². The Morgan fingerprint density at radius 2 is 1.94 bits per heavy atom. The lowest BCUT2D eigenvalue weighted by Gasteiger charge is -2.11. The van der Waals surface area contributed by atoms with E-state index in [0.717, 1.165) is 16.8 Å². The lowest BCUT2D eigenvalue weighted by Crippen LogP contribution is -2.20. The van der Waals surface area contributed by atoms with E-state index in [9.17, 15) is 14.4 Å². The molecular weight excluding hydrogens is 398 g/mol. The number of aryl methyl sites for hydroxylation is 1. The Labute approximate surface area is 177 Å². The van der Waals surface area contributed by atoms with Crippen LogP contribution in [0.2, 0.25) is 0 Å². The standard InChI is InChI=1S/C22H19N5O4/c1-14-23-24-25-27(14)19(10-15-6-4-3-5-7-15)22(30)31-13-20(28)16-8-9-18-17(11-16)12-21(29)26(18)2/h3-11H,12-13H2,1-2H3/b19-10-. The molecule has 4 rings (SSSR count). The van der Waals surface area contributed by atoms with Gasteiger partial charge < -0.3 is 9.64 Å². The van der Waals surface area contributed by atoms with Gasteiger partial charge in [0, 0.05) is 18.3 Å². The Kier molecular flexibility index (Phi) is 5.40. The molecule has 31 heavy (non-hydrogen) atoms. The number of anilines is 1. The molecule has 3 aromatic rings. The van der Waals surface area contributed by atoms with Crippen molar-refractivity contribution in [3.05, 3.63) is 71.0 Å². The molecule has 0 unspecified atom stereocenters. The van der Waals surface area contributed by atoms with Gasteiger partial charge in [0.1, 0.15) is 0 Å². The van der Waals surface area contributed by atoms with Gasteiger partial charge >= 0.3 is 5.97 Å². The maximum absolute atomic E-state index is 12.8. The maximum Gasteiger partial charge on any atom is 0.357 e. The smallest absolute Gasteiger partial charge is 0.357 e. The van der Waals surface area contributed by atoms with Crippen LogP contribution in [0.15, 0.2) is 48.5 Å². The van der Waals surface area contributed by atoms with Crippen molar-refractivity contribution in [2.45, 2.75) is 13.3 Å².